The Hall–Kier alpha value is -2.93. The molecule has 1 aliphatic rings. The molecule has 1 aliphatic heterocycles. The average Bonchev–Trinajstić information content (AvgIpc) is 3.07. The third-order valence-electron chi connectivity index (χ3n) is 4.05. The Balaban J connectivity index is 1.79. The van der Waals surface area contributed by atoms with Crippen molar-refractivity contribution in [1.82, 2.24) is 19.5 Å². The van der Waals surface area contributed by atoms with E-state index in [9.17, 15) is 9.90 Å². The summed E-state index contributed by atoms with van der Waals surface area (Å²) in [5.74, 6) is -0.203. The molecule has 3 aromatic rings. The number of aromatic hydroxyl groups is 1. The van der Waals surface area contributed by atoms with Crippen molar-refractivity contribution < 1.29 is 14.6 Å². The second-order valence-electron chi connectivity index (χ2n) is 5.56. The summed E-state index contributed by atoms with van der Waals surface area (Å²) in [6.07, 6.45) is 1.45. The number of hydrogen-bond donors (Lipinski definition) is 1. The number of amides is 1. The Morgan fingerprint density at radius 3 is 2.67 bits per heavy atom. The minimum Gasteiger partial charge on any atom is -0.493 e. The first-order valence-electron chi connectivity index (χ1n) is 7.74. The van der Waals surface area contributed by atoms with E-state index in [1.165, 1.54) is 10.7 Å². The van der Waals surface area contributed by atoms with Crippen LogP contribution in [-0.2, 0) is 4.74 Å². The van der Waals surface area contributed by atoms with Gasteiger partial charge in [-0.3, -0.25) is 4.79 Å². The molecule has 1 saturated heterocycles. The Labute approximate surface area is 138 Å². The van der Waals surface area contributed by atoms with E-state index in [0.29, 0.717) is 43.2 Å². The highest BCUT2D eigenvalue weighted by atomic mass is 16.5. The summed E-state index contributed by atoms with van der Waals surface area (Å²) in [6, 6.07) is 11.0. The molecule has 4 rings (SSSR count). The molecule has 7 nitrogen and oxygen atoms in total. The van der Waals surface area contributed by atoms with Crippen LogP contribution >= 0.6 is 0 Å². The van der Waals surface area contributed by atoms with Gasteiger partial charge < -0.3 is 14.7 Å². The molecule has 0 saturated carbocycles. The van der Waals surface area contributed by atoms with Crippen LogP contribution in [0.25, 0.3) is 16.9 Å². The summed E-state index contributed by atoms with van der Waals surface area (Å²) >= 11 is 0. The quantitative estimate of drug-likeness (QED) is 0.774. The zero-order valence-electron chi connectivity index (χ0n) is 12.9. The van der Waals surface area contributed by atoms with Crippen molar-refractivity contribution in [3.8, 4) is 17.1 Å². The molecule has 0 unspecified atom stereocenters. The molecule has 0 spiro atoms. The van der Waals surface area contributed by atoms with Crippen LogP contribution in [-0.4, -0.2) is 56.8 Å². The van der Waals surface area contributed by atoms with E-state index in [1.807, 2.05) is 30.3 Å². The van der Waals surface area contributed by atoms with Gasteiger partial charge in [-0.1, -0.05) is 30.3 Å². The minimum absolute atomic E-state index is 0.0557. The van der Waals surface area contributed by atoms with Crippen molar-refractivity contribution in [3.63, 3.8) is 0 Å². The lowest BCUT2D eigenvalue weighted by molar-refractivity contribution is 0.0304. The zero-order valence-corrected chi connectivity index (χ0v) is 12.9. The van der Waals surface area contributed by atoms with Gasteiger partial charge >= 0.3 is 0 Å². The predicted octanol–water partition coefficient (Wildman–Crippen LogP) is 1.57. The second-order valence-corrected chi connectivity index (χ2v) is 5.56. The maximum absolute atomic E-state index is 12.7. The molecule has 1 amide bonds. The van der Waals surface area contributed by atoms with Crippen molar-refractivity contribution >= 4 is 11.6 Å². The number of rotatable bonds is 2. The molecule has 122 valence electrons. The number of benzene rings is 1. The molecule has 7 heteroatoms. The summed E-state index contributed by atoms with van der Waals surface area (Å²) in [7, 11) is 0. The molecule has 24 heavy (non-hydrogen) atoms. The van der Waals surface area contributed by atoms with Gasteiger partial charge in [-0.25, -0.2) is 4.98 Å². The van der Waals surface area contributed by atoms with Crippen LogP contribution in [0.5, 0.6) is 5.88 Å². The number of ether oxygens (including phenoxy) is 1. The topological polar surface area (TPSA) is 80.0 Å². The molecule has 1 N–H and O–H groups in total. The first-order valence-corrected chi connectivity index (χ1v) is 7.74. The molecule has 1 fully saturated rings. The molecule has 2 aromatic heterocycles. The van der Waals surface area contributed by atoms with E-state index < -0.39 is 0 Å². The summed E-state index contributed by atoms with van der Waals surface area (Å²) in [4.78, 5) is 19.0. The monoisotopic (exact) mass is 324 g/mol. The van der Waals surface area contributed by atoms with Gasteiger partial charge in [-0.15, -0.1) is 0 Å². The standard InChI is InChI=1S/C17H16N4O3/c22-15-10-14(12-4-2-1-3-5-12)19-16-13(11-18-21(15)16)17(23)20-6-8-24-9-7-20/h1-5,10-11,22H,6-9H2. The van der Waals surface area contributed by atoms with Crippen LogP contribution < -0.4 is 0 Å². The summed E-state index contributed by atoms with van der Waals surface area (Å²) in [5, 5.41) is 14.3. The van der Waals surface area contributed by atoms with Crippen LogP contribution in [0.3, 0.4) is 0 Å². The van der Waals surface area contributed by atoms with E-state index in [-0.39, 0.29) is 11.8 Å². The van der Waals surface area contributed by atoms with Crippen LogP contribution in [0.15, 0.2) is 42.6 Å². The van der Waals surface area contributed by atoms with E-state index >= 15 is 0 Å². The lowest BCUT2D eigenvalue weighted by Crippen LogP contribution is -2.40. The fourth-order valence-corrected chi connectivity index (χ4v) is 2.79. The van der Waals surface area contributed by atoms with Crippen LogP contribution in [0.2, 0.25) is 0 Å². The number of nitrogens with zero attached hydrogens (tertiary/aromatic N) is 4. The van der Waals surface area contributed by atoms with Crippen molar-refractivity contribution in [1.29, 1.82) is 0 Å². The fourth-order valence-electron chi connectivity index (χ4n) is 2.79. The van der Waals surface area contributed by atoms with E-state index in [4.69, 9.17) is 4.74 Å². The zero-order chi connectivity index (χ0) is 16.5. The fraction of sp³-hybridized carbons (Fsp3) is 0.235. The van der Waals surface area contributed by atoms with Gasteiger partial charge in [-0.2, -0.15) is 9.61 Å². The minimum atomic E-state index is -0.148. The van der Waals surface area contributed by atoms with Gasteiger partial charge in [0, 0.05) is 24.7 Å². The molecule has 0 bridgehead atoms. The van der Waals surface area contributed by atoms with Gasteiger partial charge in [0.05, 0.1) is 25.1 Å². The molecular weight excluding hydrogens is 308 g/mol. The third kappa shape index (κ3) is 2.48. The van der Waals surface area contributed by atoms with Crippen molar-refractivity contribution in [3.05, 3.63) is 48.2 Å². The lowest BCUT2D eigenvalue weighted by atomic mass is 10.1. The van der Waals surface area contributed by atoms with Crippen LogP contribution in [0, 0.1) is 0 Å². The Kier molecular flexibility index (Phi) is 3.62. The van der Waals surface area contributed by atoms with E-state index in [0.717, 1.165) is 5.56 Å². The Bertz CT molecular complexity index is 885. The van der Waals surface area contributed by atoms with E-state index in [1.54, 1.807) is 11.0 Å². The summed E-state index contributed by atoms with van der Waals surface area (Å²) in [6.45, 7) is 2.14. The normalized spacial score (nSPS) is 14.9. The maximum atomic E-state index is 12.7. The SMILES string of the molecule is O=C(c1cnn2c(O)cc(-c3ccccc3)nc12)N1CCOCC1. The van der Waals surface area contributed by atoms with Crippen molar-refractivity contribution in [2.75, 3.05) is 26.3 Å². The smallest absolute Gasteiger partial charge is 0.259 e. The first-order chi connectivity index (χ1) is 11.7. The average molecular weight is 324 g/mol. The second kappa shape index (κ2) is 5.93. The summed E-state index contributed by atoms with van der Waals surface area (Å²) < 4.78 is 6.56. The third-order valence-corrected chi connectivity index (χ3v) is 4.05. The molecular formula is C17H16N4O3. The molecule has 0 radical (unpaired) electrons. The van der Waals surface area contributed by atoms with Gasteiger partial charge in [0.25, 0.3) is 5.91 Å². The van der Waals surface area contributed by atoms with Gasteiger partial charge in [-0.05, 0) is 0 Å². The number of aromatic nitrogens is 3. The Morgan fingerprint density at radius 1 is 1.17 bits per heavy atom. The van der Waals surface area contributed by atoms with Crippen molar-refractivity contribution in [2.45, 2.75) is 0 Å². The lowest BCUT2D eigenvalue weighted by Gasteiger charge is -2.26. The van der Waals surface area contributed by atoms with Gasteiger partial charge in [0.1, 0.15) is 5.56 Å². The van der Waals surface area contributed by atoms with Crippen LogP contribution in [0.4, 0.5) is 0 Å². The van der Waals surface area contributed by atoms with Crippen molar-refractivity contribution in [2.24, 2.45) is 0 Å². The molecule has 0 atom stereocenters. The largest absolute Gasteiger partial charge is 0.493 e. The number of carbonyl (C=O) groups is 1. The van der Waals surface area contributed by atoms with Gasteiger partial charge in [0.15, 0.2) is 5.65 Å². The number of fused-ring (bicyclic) bond motifs is 1. The first kappa shape index (κ1) is 14.6. The number of carbonyl (C=O) groups excluding carboxylic acids is 1. The van der Waals surface area contributed by atoms with E-state index in [2.05, 4.69) is 10.1 Å². The number of morpholine rings is 1. The van der Waals surface area contributed by atoms with Gasteiger partial charge in [0.2, 0.25) is 5.88 Å². The molecule has 0 aliphatic carbocycles. The maximum Gasteiger partial charge on any atom is 0.259 e. The predicted molar refractivity (Wildman–Crippen MR) is 86.8 cm³/mol. The highest BCUT2D eigenvalue weighted by Crippen LogP contribution is 2.24. The molecule has 1 aromatic carbocycles. The highest BCUT2D eigenvalue weighted by molar-refractivity contribution is 6.00. The number of hydrogen-bond acceptors (Lipinski definition) is 5. The molecule has 3 heterocycles. The summed E-state index contributed by atoms with van der Waals surface area (Å²) in [5.41, 5.74) is 2.19. The highest BCUT2D eigenvalue weighted by Gasteiger charge is 2.23. The Morgan fingerprint density at radius 2 is 1.92 bits per heavy atom. The van der Waals surface area contributed by atoms with Crippen LogP contribution in [0.1, 0.15) is 10.4 Å².